The van der Waals surface area contributed by atoms with Crippen LogP contribution >= 0.6 is 0 Å². The molecule has 40 valence electrons. The summed E-state index contributed by atoms with van der Waals surface area (Å²) in [6, 6.07) is 0. The van der Waals surface area contributed by atoms with Gasteiger partial charge in [0.25, 0.3) is 0 Å². The number of hydrogen-bond donors (Lipinski definition) is 1. The Morgan fingerprint density at radius 3 is 2.71 bits per heavy atom. The van der Waals surface area contributed by atoms with Gasteiger partial charge in [-0.2, -0.15) is 0 Å². The molecule has 0 saturated heterocycles. The van der Waals surface area contributed by atoms with Gasteiger partial charge in [0.15, 0.2) is 0 Å². The third-order valence-corrected chi connectivity index (χ3v) is 1.41. The molecule has 0 radical (unpaired) electrons. The van der Waals surface area contributed by atoms with Gasteiger partial charge in [-0.15, -0.1) is 0 Å². The summed E-state index contributed by atoms with van der Waals surface area (Å²) in [4.78, 5) is 0. The maximum absolute atomic E-state index is 9.89. The molecule has 7 heavy (non-hydrogen) atoms. The fourth-order valence-electron chi connectivity index (χ4n) is 0.150. The molecule has 0 aliphatic carbocycles. The maximum atomic E-state index is 9.89. The van der Waals surface area contributed by atoms with Crippen molar-refractivity contribution in [3.05, 3.63) is 19.1 Å². The van der Waals surface area contributed by atoms with Gasteiger partial charge in [-0.1, -0.05) is 0 Å². The summed E-state index contributed by atoms with van der Waals surface area (Å²) >= 11 is -2.46. The van der Waals surface area contributed by atoms with Crippen LogP contribution in [0, 0.1) is 6.42 Å². The third-order valence-electron chi connectivity index (χ3n) is 0.405. The van der Waals surface area contributed by atoms with Crippen molar-refractivity contribution in [3.8, 4) is 0 Å². The van der Waals surface area contributed by atoms with Gasteiger partial charge in [0, 0.05) is 0 Å². The summed E-state index contributed by atoms with van der Waals surface area (Å²) in [5, 5.41) is 0.281. The second kappa shape index (κ2) is 4.06. The van der Waals surface area contributed by atoms with Gasteiger partial charge in [0.1, 0.15) is 0 Å². The zero-order valence-corrected chi connectivity index (χ0v) is 5.55. The van der Waals surface area contributed by atoms with Crippen LogP contribution in [0.3, 0.4) is 0 Å². The van der Waals surface area contributed by atoms with Crippen molar-refractivity contribution in [2.24, 2.45) is 0 Å². The first-order valence-electron chi connectivity index (χ1n) is 1.79. The van der Waals surface area contributed by atoms with Crippen molar-refractivity contribution >= 4 is 14.2 Å². The molecule has 0 saturated carbocycles. The predicted molar refractivity (Wildman–Crippen MR) is 28.0 cm³/mol. The molecular formula is C4H7O2Se+. The normalized spacial score (nSPS) is 12.7. The topological polar surface area (TPSA) is 37.3 Å². The summed E-state index contributed by atoms with van der Waals surface area (Å²) in [6.07, 6.45) is 3.10. The van der Waals surface area contributed by atoms with Crippen molar-refractivity contribution in [3.63, 3.8) is 0 Å². The van der Waals surface area contributed by atoms with E-state index in [4.69, 9.17) is 4.19 Å². The Bertz CT molecular complexity index is 79.8. The second-order valence-electron chi connectivity index (χ2n) is 0.960. The van der Waals surface area contributed by atoms with E-state index in [1.807, 2.05) is 0 Å². The number of hydrogen-bond acceptors (Lipinski definition) is 1. The van der Waals surface area contributed by atoms with E-state index < -0.39 is 14.2 Å². The van der Waals surface area contributed by atoms with Crippen LogP contribution < -0.4 is 0 Å². The van der Waals surface area contributed by atoms with Gasteiger partial charge >= 0.3 is 46.6 Å². The van der Waals surface area contributed by atoms with E-state index in [9.17, 15) is 3.83 Å². The van der Waals surface area contributed by atoms with Gasteiger partial charge in [-0.25, -0.2) is 0 Å². The standard InChI is InChI=1S/C4H6O2Se/c1-2-3-4-7(5)6/h2-3H,1,4H2/p+1. The summed E-state index contributed by atoms with van der Waals surface area (Å²) in [5.41, 5.74) is 0. The van der Waals surface area contributed by atoms with Crippen molar-refractivity contribution in [2.45, 2.75) is 5.32 Å². The molecule has 1 unspecified atom stereocenters. The quantitative estimate of drug-likeness (QED) is 0.483. The van der Waals surface area contributed by atoms with Crippen LogP contribution in [0.2, 0.25) is 5.32 Å². The molecule has 0 aromatic heterocycles. The van der Waals surface area contributed by atoms with Crippen LogP contribution in [-0.4, -0.2) is 18.4 Å². The van der Waals surface area contributed by atoms with E-state index in [1.54, 1.807) is 6.42 Å². The summed E-state index contributed by atoms with van der Waals surface area (Å²) in [5.74, 6) is 0. The molecule has 3 heteroatoms. The molecule has 0 spiro atoms. The Labute approximate surface area is 47.3 Å². The molecule has 0 aliphatic heterocycles. The van der Waals surface area contributed by atoms with Crippen molar-refractivity contribution in [1.29, 1.82) is 0 Å². The Kier molecular flexibility index (Phi) is 4.00. The van der Waals surface area contributed by atoms with Crippen LogP contribution in [0.15, 0.2) is 12.7 Å². The molecule has 0 aromatic carbocycles. The molecule has 0 amide bonds. The Morgan fingerprint density at radius 1 is 2.00 bits per heavy atom. The van der Waals surface area contributed by atoms with Gasteiger partial charge in [-0.05, 0) is 0 Å². The molecule has 0 heterocycles. The average Bonchev–Trinajstić information content (AvgIpc) is 1.61. The monoisotopic (exact) mass is 167 g/mol. The predicted octanol–water partition coefficient (Wildman–Crippen LogP) is 0.288. The van der Waals surface area contributed by atoms with Crippen molar-refractivity contribution in [2.75, 3.05) is 0 Å². The van der Waals surface area contributed by atoms with E-state index in [2.05, 4.69) is 6.58 Å². The number of allylic oxidation sites excluding steroid dienone is 1. The van der Waals surface area contributed by atoms with E-state index in [0.29, 0.717) is 0 Å². The Hall–Kier alpha value is -0.111. The second-order valence-corrected chi connectivity index (χ2v) is 3.01. The molecule has 0 aliphatic rings. The summed E-state index contributed by atoms with van der Waals surface area (Å²) in [6.45, 7) is 3.35. The molecule has 0 fully saturated rings. The van der Waals surface area contributed by atoms with Crippen LogP contribution in [0.5, 0.6) is 0 Å². The van der Waals surface area contributed by atoms with Gasteiger partial charge < -0.3 is 0 Å². The molecular weight excluding hydrogens is 159 g/mol. The van der Waals surface area contributed by atoms with Crippen molar-refractivity contribution in [1.82, 2.24) is 0 Å². The van der Waals surface area contributed by atoms with Crippen LogP contribution in [0.1, 0.15) is 0 Å². The van der Waals surface area contributed by atoms with Crippen LogP contribution in [0.4, 0.5) is 0 Å². The third kappa shape index (κ3) is 5.89. The van der Waals surface area contributed by atoms with E-state index in [1.165, 1.54) is 6.08 Å². The van der Waals surface area contributed by atoms with Crippen LogP contribution in [-0.2, 0) is 3.83 Å². The van der Waals surface area contributed by atoms with Gasteiger partial charge in [0.2, 0.25) is 0 Å². The summed E-state index contributed by atoms with van der Waals surface area (Å²) < 4.78 is 18.1. The summed E-state index contributed by atoms with van der Waals surface area (Å²) in [7, 11) is 0. The SMILES string of the molecule is C=C[CH+]C[Se](=O)O. The van der Waals surface area contributed by atoms with Gasteiger partial charge in [0.05, 0.1) is 0 Å². The van der Waals surface area contributed by atoms with Gasteiger partial charge in [-0.3, -0.25) is 0 Å². The molecule has 1 N–H and O–H groups in total. The first-order chi connectivity index (χ1) is 3.27. The molecule has 0 aromatic rings. The fraction of sp³-hybridized carbons (Fsp3) is 0.250. The fourth-order valence-corrected chi connectivity index (χ4v) is 0.781. The molecule has 2 nitrogen and oxygen atoms in total. The van der Waals surface area contributed by atoms with E-state index in [-0.39, 0.29) is 5.32 Å². The Balaban J connectivity index is 2.97. The van der Waals surface area contributed by atoms with Crippen LogP contribution in [0.25, 0.3) is 0 Å². The zero-order chi connectivity index (χ0) is 5.70. The minimum absolute atomic E-state index is 0.281. The number of rotatable bonds is 3. The average molecular weight is 166 g/mol. The first kappa shape index (κ1) is 6.89. The molecule has 1 atom stereocenters. The first-order valence-corrected chi connectivity index (χ1v) is 4.46. The molecule has 0 bridgehead atoms. The zero-order valence-electron chi connectivity index (χ0n) is 3.83. The van der Waals surface area contributed by atoms with E-state index in [0.717, 1.165) is 0 Å². The van der Waals surface area contributed by atoms with E-state index >= 15 is 0 Å². The molecule has 0 rings (SSSR count). The van der Waals surface area contributed by atoms with Crippen molar-refractivity contribution < 1.29 is 8.02 Å². The Morgan fingerprint density at radius 2 is 2.57 bits per heavy atom. The minimum atomic E-state index is -2.46.